The van der Waals surface area contributed by atoms with Crippen molar-refractivity contribution in [3.8, 4) is 17.1 Å². The van der Waals surface area contributed by atoms with E-state index in [0.717, 1.165) is 0 Å². The molecular formula is C23H21N3O7. The SMILES string of the molecule is CCC1(O)C(=O)OCc2c1cc1n(c2=O)Cc2cc3c([N+](=O)[O-])c(OC(C)C)ccc3nc2-1. The molecule has 2 aliphatic rings. The summed E-state index contributed by atoms with van der Waals surface area (Å²) < 4.78 is 12.2. The van der Waals surface area contributed by atoms with Crippen LogP contribution in [-0.4, -0.2) is 31.7 Å². The number of aromatic nitrogens is 2. The first kappa shape index (κ1) is 21.1. The van der Waals surface area contributed by atoms with Gasteiger partial charge in [0.2, 0.25) is 0 Å². The number of hydrogen-bond acceptors (Lipinski definition) is 8. The van der Waals surface area contributed by atoms with E-state index in [4.69, 9.17) is 9.47 Å². The summed E-state index contributed by atoms with van der Waals surface area (Å²) in [6.07, 6.45) is -0.204. The van der Waals surface area contributed by atoms with Crippen LogP contribution in [-0.2, 0) is 28.3 Å². The van der Waals surface area contributed by atoms with Crippen LogP contribution in [0.1, 0.15) is 43.9 Å². The van der Waals surface area contributed by atoms with E-state index in [2.05, 4.69) is 4.98 Å². The third-order valence-corrected chi connectivity index (χ3v) is 6.17. The summed E-state index contributed by atoms with van der Waals surface area (Å²) in [6.45, 7) is 5.14. The highest BCUT2D eigenvalue weighted by Crippen LogP contribution is 2.41. The van der Waals surface area contributed by atoms with Crippen molar-refractivity contribution in [1.29, 1.82) is 0 Å². The number of pyridine rings is 2. The van der Waals surface area contributed by atoms with Gasteiger partial charge in [0.05, 0.1) is 45.4 Å². The maximum atomic E-state index is 13.2. The number of benzene rings is 1. The minimum absolute atomic E-state index is 0.0462. The summed E-state index contributed by atoms with van der Waals surface area (Å²) in [5, 5.41) is 23.1. The lowest BCUT2D eigenvalue weighted by molar-refractivity contribution is -0.384. The van der Waals surface area contributed by atoms with Crippen molar-refractivity contribution in [3.63, 3.8) is 0 Å². The van der Waals surface area contributed by atoms with Gasteiger partial charge in [0.25, 0.3) is 5.56 Å². The molecule has 0 amide bonds. The number of nitro groups is 1. The van der Waals surface area contributed by atoms with Crippen LogP contribution in [0.3, 0.4) is 0 Å². The van der Waals surface area contributed by atoms with Crippen molar-refractivity contribution in [2.75, 3.05) is 0 Å². The number of nitro benzene ring substituents is 1. The van der Waals surface area contributed by atoms with Crippen LogP contribution >= 0.6 is 0 Å². The Morgan fingerprint density at radius 2 is 2.09 bits per heavy atom. The number of ether oxygens (including phenoxy) is 2. The standard InChI is InChI=1S/C23H21N3O7/c1-4-23(29)15-8-17-19-12(9-25(17)21(27)14(15)10-32-22(23)28)7-13-16(24-19)5-6-18(33-11(2)3)20(13)26(30)31/h5-8,11,29H,4,9-10H2,1-3H3. The Labute approximate surface area is 187 Å². The minimum atomic E-state index is -1.91. The summed E-state index contributed by atoms with van der Waals surface area (Å²) in [4.78, 5) is 41.5. The highest BCUT2D eigenvalue weighted by Gasteiger charge is 2.45. The molecule has 0 radical (unpaired) electrons. The van der Waals surface area contributed by atoms with E-state index in [-0.39, 0.29) is 53.8 Å². The van der Waals surface area contributed by atoms with E-state index < -0.39 is 16.5 Å². The summed E-state index contributed by atoms with van der Waals surface area (Å²) in [5.74, 6) is -0.643. The van der Waals surface area contributed by atoms with Gasteiger partial charge < -0.3 is 19.1 Å². The van der Waals surface area contributed by atoms with Crippen LogP contribution in [0.2, 0.25) is 0 Å². The highest BCUT2D eigenvalue weighted by molar-refractivity contribution is 5.94. The van der Waals surface area contributed by atoms with E-state index in [1.54, 1.807) is 39.0 Å². The number of carbonyl (C=O) groups excluding carboxylic acids is 1. The van der Waals surface area contributed by atoms with Crippen LogP contribution in [0.25, 0.3) is 22.3 Å². The molecule has 1 N–H and O–H groups in total. The van der Waals surface area contributed by atoms with Crippen molar-refractivity contribution in [2.45, 2.75) is 52.0 Å². The molecular weight excluding hydrogens is 430 g/mol. The van der Waals surface area contributed by atoms with E-state index in [9.17, 15) is 24.8 Å². The third kappa shape index (κ3) is 2.94. The van der Waals surface area contributed by atoms with Crippen molar-refractivity contribution >= 4 is 22.6 Å². The maximum Gasteiger partial charge on any atom is 0.343 e. The Morgan fingerprint density at radius 3 is 2.76 bits per heavy atom. The summed E-state index contributed by atoms with van der Waals surface area (Å²) in [7, 11) is 0. The molecule has 10 heteroatoms. The first-order valence-corrected chi connectivity index (χ1v) is 10.6. The van der Waals surface area contributed by atoms with E-state index >= 15 is 0 Å². The molecule has 3 aromatic rings. The number of nitrogens with zero attached hydrogens (tertiary/aromatic N) is 3. The van der Waals surface area contributed by atoms with Gasteiger partial charge in [0.1, 0.15) is 6.61 Å². The fraction of sp³-hybridized carbons (Fsp3) is 0.348. The van der Waals surface area contributed by atoms with Crippen LogP contribution in [0.4, 0.5) is 5.69 Å². The molecule has 10 nitrogen and oxygen atoms in total. The van der Waals surface area contributed by atoms with E-state index in [0.29, 0.717) is 27.9 Å². The Hall–Kier alpha value is -3.79. The second-order valence-corrected chi connectivity index (χ2v) is 8.50. The first-order chi connectivity index (χ1) is 15.7. The van der Waals surface area contributed by atoms with Gasteiger partial charge in [-0.2, -0.15) is 0 Å². The molecule has 33 heavy (non-hydrogen) atoms. The second-order valence-electron chi connectivity index (χ2n) is 8.50. The van der Waals surface area contributed by atoms with Gasteiger partial charge in [-0.15, -0.1) is 0 Å². The van der Waals surface area contributed by atoms with Gasteiger partial charge in [-0.25, -0.2) is 9.78 Å². The van der Waals surface area contributed by atoms with Crippen LogP contribution < -0.4 is 10.3 Å². The van der Waals surface area contributed by atoms with Gasteiger partial charge in [-0.05, 0) is 44.5 Å². The predicted molar refractivity (Wildman–Crippen MR) is 117 cm³/mol. The molecule has 0 saturated heterocycles. The summed E-state index contributed by atoms with van der Waals surface area (Å²) >= 11 is 0. The highest BCUT2D eigenvalue weighted by atomic mass is 16.6. The monoisotopic (exact) mass is 451 g/mol. The molecule has 0 fully saturated rings. The average molecular weight is 451 g/mol. The Balaban J connectivity index is 1.75. The molecule has 0 spiro atoms. The lowest BCUT2D eigenvalue weighted by Crippen LogP contribution is -2.44. The second kappa shape index (κ2) is 7.11. The van der Waals surface area contributed by atoms with Gasteiger partial charge in [0, 0.05) is 11.1 Å². The van der Waals surface area contributed by atoms with Crippen molar-refractivity contribution in [3.05, 3.63) is 61.4 Å². The molecule has 1 unspecified atom stereocenters. The number of esters is 1. The smallest absolute Gasteiger partial charge is 0.343 e. The zero-order valence-corrected chi connectivity index (χ0v) is 18.2. The number of fused-ring (bicyclic) bond motifs is 5. The lowest BCUT2D eigenvalue weighted by atomic mass is 9.86. The average Bonchev–Trinajstić information content (AvgIpc) is 3.12. The van der Waals surface area contributed by atoms with Crippen LogP contribution in [0.5, 0.6) is 5.75 Å². The Bertz CT molecular complexity index is 1430. The molecule has 0 aliphatic carbocycles. The number of aliphatic hydroxyl groups is 1. The largest absolute Gasteiger partial charge is 0.484 e. The van der Waals surface area contributed by atoms with Gasteiger partial charge in [0.15, 0.2) is 11.4 Å². The van der Waals surface area contributed by atoms with Crippen LogP contribution in [0, 0.1) is 10.1 Å². The van der Waals surface area contributed by atoms with E-state index in [1.807, 2.05) is 0 Å². The zero-order chi connectivity index (χ0) is 23.7. The Morgan fingerprint density at radius 1 is 1.33 bits per heavy atom. The number of rotatable bonds is 4. The van der Waals surface area contributed by atoms with Gasteiger partial charge in [-0.3, -0.25) is 14.9 Å². The zero-order valence-electron chi connectivity index (χ0n) is 18.2. The molecule has 0 bridgehead atoms. The fourth-order valence-corrected chi connectivity index (χ4v) is 4.55. The third-order valence-electron chi connectivity index (χ3n) is 6.17. The quantitative estimate of drug-likeness (QED) is 0.284. The Kier molecular flexibility index (Phi) is 4.54. The molecule has 0 saturated carbocycles. The van der Waals surface area contributed by atoms with Crippen LogP contribution in [0.15, 0.2) is 29.1 Å². The topological polar surface area (TPSA) is 134 Å². The summed E-state index contributed by atoms with van der Waals surface area (Å²) in [6, 6.07) is 6.41. The molecule has 5 rings (SSSR count). The maximum absolute atomic E-state index is 13.2. The fourth-order valence-electron chi connectivity index (χ4n) is 4.55. The molecule has 2 aromatic heterocycles. The van der Waals surface area contributed by atoms with E-state index in [1.165, 1.54) is 10.6 Å². The molecule has 1 atom stereocenters. The summed E-state index contributed by atoms with van der Waals surface area (Å²) in [5.41, 5.74) is -0.115. The first-order valence-electron chi connectivity index (χ1n) is 10.6. The van der Waals surface area contributed by atoms with Crippen molar-refractivity contribution < 1.29 is 24.3 Å². The minimum Gasteiger partial charge on any atom is -0.484 e. The van der Waals surface area contributed by atoms with Crippen molar-refractivity contribution in [1.82, 2.24) is 9.55 Å². The number of cyclic esters (lactones) is 1. The molecule has 1 aromatic carbocycles. The predicted octanol–water partition coefficient (Wildman–Crippen LogP) is 2.78. The number of hydrogen-bond donors (Lipinski definition) is 1. The normalized spacial score (nSPS) is 18.6. The van der Waals surface area contributed by atoms with Gasteiger partial charge >= 0.3 is 11.7 Å². The van der Waals surface area contributed by atoms with Gasteiger partial charge in [-0.1, -0.05) is 6.92 Å². The molecule has 170 valence electrons. The lowest BCUT2D eigenvalue weighted by Gasteiger charge is -2.31. The van der Waals surface area contributed by atoms with Crippen molar-refractivity contribution in [2.24, 2.45) is 0 Å². The molecule has 2 aliphatic heterocycles. The number of carbonyl (C=O) groups is 1. The molecule has 4 heterocycles.